The Balaban J connectivity index is 1.36. The van der Waals surface area contributed by atoms with Crippen molar-refractivity contribution in [2.24, 2.45) is 5.92 Å². The van der Waals surface area contributed by atoms with Crippen molar-refractivity contribution < 1.29 is 9.53 Å². The lowest BCUT2D eigenvalue weighted by molar-refractivity contribution is 0.0738. The van der Waals surface area contributed by atoms with E-state index in [1.165, 1.54) is 0 Å². The molecule has 34 heavy (non-hydrogen) atoms. The largest absolute Gasteiger partial charge is 0.379 e. The van der Waals surface area contributed by atoms with Gasteiger partial charge in [0.05, 0.1) is 35.7 Å². The number of anilines is 2. The Morgan fingerprint density at radius 2 is 1.94 bits per heavy atom. The third kappa shape index (κ3) is 4.77. The Morgan fingerprint density at radius 1 is 1.12 bits per heavy atom. The molecule has 1 aliphatic rings. The van der Waals surface area contributed by atoms with Crippen molar-refractivity contribution in [2.45, 2.75) is 20.3 Å². The van der Waals surface area contributed by atoms with Gasteiger partial charge in [0.25, 0.3) is 5.91 Å². The third-order valence-corrected chi connectivity index (χ3v) is 6.03. The van der Waals surface area contributed by atoms with Crippen LogP contribution in [0.15, 0.2) is 61.1 Å². The van der Waals surface area contributed by atoms with E-state index in [-0.39, 0.29) is 11.8 Å². The molecule has 4 aromatic rings. The lowest BCUT2D eigenvalue weighted by Gasteiger charge is -2.25. The molecule has 0 saturated carbocycles. The highest BCUT2D eigenvalue weighted by Gasteiger charge is 2.26. The smallest absolute Gasteiger partial charge is 0.256 e. The molecule has 174 valence electrons. The van der Waals surface area contributed by atoms with Gasteiger partial charge in [-0.25, -0.2) is 9.97 Å². The lowest BCUT2D eigenvalue weighted by atomic mass is 10.0. The molecule has 1 N–H and O–H groups in total. The van der Waals surface area contributed by atoms with Crippen LogP contribution in [0.25, 0.3) is 5.52 Å². The van der Waals surface area contributed by atoms with E-state index in [0.29, 0.717) is 43.5 Å². The molecule has 1 aliphatic heterocycles. The van der Waals surface area contributed by atoms with Gasteiger partial charge in [-0.2, -0.15) is 0 Å². The van der Waals surface area contributed by atoms with E-state index in [2.05, 4.69) is 30.7 Å². The molecule has 8 nitrogen and oxygen atoms in total. The summed E-state index contributed by atoms with van der Waals surface area (Å²) < 4.78 is 7.95. The molecule has 1 atom stereocenters. The number of benzene rings is 1. The first-order valence-corrected chi connectivity index (χ1v) is 11.5. The fraction of sp³-hybridized carbons (Fsp3) is 0.308. The van der Waals surface area contributed by atoms with E-state index in [9.17, 15) is 4.79 Å². The minimum atomic E-state index is -0.0307. The third-order valence-electron chi connectivity index (χ3n) is 6.03. The number of nitrogens with one attached hydrogen (secondary N) is 1. The molecule has 0 bridgehead atoms. The number of carbonyl (C=O) groups excluding carboxylic acids is 1. The number of carbonyl (C=O) groups is 1. The summed E-state index contributed by atoms with van der Waals surface area (Å²) in [6.45, 7) is 6.13. The van der Waals surface area contributed by atoms with Crippen molar-refractivity contribution in [2.75, 3.05) is 31.6 Å². The molecule has 5 rings (SSSR count). The van der Waals surface area contributed by atoms with Crippen molar-refractivity contribution in [1.82, 2.24) is 24.3 Å². The summed E-state index contributed by atoms with van der Waals surface area (Å²) in [6.07, 6.45) is 6.53. The second kappa shape index (κ2) is 9.61. The first kappa shape index (κ1) is 22.0. The number of nitrogens with zero attached hydrogens (tertiary/aromatic N) is 5. The number of aromatic nitrogens is 4. The standard InChI is InChI=1S/C26H28N6O2/c1-18-14-19(2)29-26(28-18)30-22-7-4-3-6-21(22)25(33)32-12-13-34-17-20(16-32)15-23-24-8-5-10-31(24)11-9-27-23/h3-11,14,20H,12-13,15-17H2,1-2H3,(H,28,29,30)/t20-/m0/s1. The molecule has 0 spiro atoms. The molecule has 4 heterocycles. The molecule has 0 unspecified atom stereocenters. The van der Waals surface area contributed by atoms with Gasteiger partial charge in [-0.3, -0.25) is 9.78 Å². The van der Waals surface area contributed by atoms with Crippen LogP contribution in [0.1, 0.15) is 27.4 Å². The molecule has 0 aliphatic carbocycles. The second-order valence-electron chi connectivity index (χ2n) is 8.72. The fourth-order valence-corrected chi connectivity index (χ4v) is 4.50. The van der Waals surface area contributed by atoms with Crippen molar-refractivity contribution in [3.8, 4) is 0 Å². The zero-order valence-electron chi connectivity index (χ0n) is 19.4. The molecule has 3 aromatic heterocycles. The van der Waals surface area contributed by atoms with E-state index < -0.39 is 0 Å². The summed E-state index contributed by atoms with van der Waals surface area (Å²) in [5.74, 6) is 0.612. The number of ether oxygens (including phenoxy) is 1. The summed E-state index contributed by atoms with van der Waals surface area (Å²) >= 11 is 0. The van der Waals surface area contributed by atoms with Gasteiger partial charge in [0.1, 0.15) is 0 Å². The Morgan fingerprint density at radius 3 is 2.79 bits per heavy atom. The second-order valence-corrected chi connectivity index (χ2v) is 8.72. The summed E-state index contributed by atoms with van der Waals surface area (Å²) in [5.41, 5.74) is 5.14. The Labute approximate surface area is 198 Å². The monoisotopic (exact) mass is 456 g/mol. The summed E-state index contributed by atoms with van der Waals surface area (Å²) in [7, 11) is 0. The highest BCUT2D eigenvalue weighted by Crippen LogP contribution is 2.23. The van der Waals surface area contributed by atoms with Gasteiger partial charge in [-0.15, -0.1) is 0 Å². The number of rotatable bonds is 5. The summed E-state index contributed by atoms with van der Waals surface area (Å²) in [4.78, 5) is 29.0. The maximum atomic E-state index is 13.6. The van der Waals surface area contributed by atoms with E-state index in [0.717, 1.165) is 29.0 Å². The molecule has 8 heteroatoms. The van der Waals surface area contributed by atoms with Gasteiger partial charge in [0.15, 0.2) is 0 Å². The molecular weight excluding hydrogens is 428 g/mol. The Hall–Kier alpha value is -3.78. The minimum absolute atomic E-state index is 0.0307. The molecule has 0 radical (unpaired) electrons. The van der Waals surface area contributed by atoms with Gasteiger partial charge in [-0.1, -0.05) is 12.1 Å². The zero-order valence-corrected chi connectivity index (χ0v) is 19.4. The number of para-hydroxylation sites is 1. The first-order valence-electron chi connectivity index (χ1n) is 11.5. The van der Waals surface area contributed by atoms with Crippen LogP contribution in [0.2, 0.25) is 0 Å². The van der Waals surface area contributed by atoms with Gasteiger partial charge in [-0.05, 0) is 50.6 Å². The first-order chi connectivity index (χ1) is 16.6. The predicted molar refractivity (Wildman–Crippen MR) is 130 cm³/mol. The highest BCUT2D eigenvalue weighted by molar-refractivity contribution is 6.00. The molecule has 1 fully saturated rings. The minimum Gasteiger partial charge on any atom is -0.379 e. The number of fused-ring (bicyclic) bond motifs is 1. The van der Waals surface area contributed by atoms with E-state index in [1.54, 1.807) is 0 Å². The maximum absolute atomic E-state index is 13.6. The number of aryl methyl sites for hydroxylation is 2. The van der Waals surface area contributed by atoms with Crippen LogP contribution in [-0.4, -0.2) is 56.5 Å². The van der Waals surface area contributed by atoms with Crippen LogP contribution >= 0.6 is 0 Å². The zero-order chi connectivity index (χ0) is 23.5. The van der Waals surface area contributed by atoms with Gasteiger partial charge in [0.2, 0.25) is 5.95 Å². The fourth-order valence-electron chi connectivity index (χ4n) is 4.50. The van der Waals surface area contributed by atoms with Crippen LogP contribution in [0.3, 0.4) is 0 Å². The predicted octanol–water partition coefficient (Wildman–Crippen LogP) is 3.82. The topological polar surface area (TPSA) is 84.7 Å². The van der Waals surface area contributed by atoms with E-state index in [1.807, 2.05) is 73.7 Å². The van der Waals surface area contributed by atoms with Crippen LogP contribution < -0.4 is 5.32 Å². The van der Waals surface area contributed by atoms with E-state index in [4.69, 9.17) is 4.74 Å². The molecule has 1 amide bonds. The molecule has 1 aromatic carbocycles. The molecular formula is C26H28N6O2. The van der Waals surface area contributed by atoms with Crippen molar-refractivity contribution in [1.29, 1.82) is 0 Å². The summed E-state index contributed by atoms with van der Waals surface area (Å²) in [5, 5.41) is 3.24. The Bertz CT molecular complexity index is 1300. The SMILES string of the molecule is Cc1cc(C)nc(Nc2ccccc2C(=O)N2CCOC[C@@H](Cc3nccn4cccc34)C2)n1. The number of hydrogen-bond acceptors (Lipinski definition) is 6. The van der Waals surface area contributed by atoms with Crippen molar-refractivity contribution >= 4 is 23.1 Å². The normalized spacial score (nSPS) is 16.4. The summed E-state index contributed by atoms with van der Waals surface area (Å²) in [6, 6.07) is 13.5. The van der Waals surface area contributed by atoms with Crippen molar-refractivity contribution in [3.63, 3.8) is 0 Å². The van der Waals surface area contributed by atoms with Gasteiger partial charge in [0, 0.05) is 49.0 Å². The quantitative estimate of drug-likeness (QED) is 0.492. The van der Waals surface area contributed by atoms with E-state index >= 15 is 0 Å². The van der Waals surface area contributed by atoms with Crippen LogP contribution in [0.5, 0.6) is 0 Å². The number of hydrogen-bond donors (Lipinski definition) is 1. The average Bonchev–Trinajstić information content (AvgIpc) is 3.18. The highest BCUT2D eigenvalue weighted by atomic mass is 16.5. The molecule has 1 saturated heterocycles. The van der Waals surface area contributed by atoms with Crippen molar-refractivity contribution in [3.05, 3.63) is 83.7 Å². The van der Waals surface area contributed by atoms with Crippen LogP contribution in [0, 0.1) is 19.8 Å². The average molecular weight is 457 g/mol. The van der Waals surface area contributed by atoms with Crippen LogP contribution in [0.4, 0.5) is 11.6 Å². The van der Waals surface area contributed by atoms with Crippen LogP contribution in [-0.2, 0) is 11.2 Å². The van der Waals surface area contributed by atoms with Gasteiger partial charge >= 0.3 is 0 Å². The lowest BCUT2D eigenvalue weighted by Crippen LogP contribution is -2.36. The van der Waals surface area contributed by atoms with Gasteiger partial charge < -0.3 is 19.4 Å². The maximum Gasteiger partial charge on any atom is 0.256 e. The number of amides is 1. The Kier molecular flexibility index (Phi) is 6.22.